The van der Waals surface area contributed by atoms with Gasteiger partial charge in [-0.15, -0.1) is 0 Å². The van der Waals surface area contributed by atoms with Crippen molar-refractivity contribution in [2.24, 2.45) is 5.92 Å². The molecule has 0 amide bonds. The lowest BCUT2D eigenvalue weighted by atomic mass is 9.97. The van der Waals surface area contributed by atoms with E-state index in [-0.39, 0.29) is 5.78 Å². The van der Waals surface area contributed by atoms with E-state index in [1.54, 1.807) is 25.3 Å². The second kappa shape index (κ2) is 5.30. The van der Waals surface area contributed by atoms with Crippen molar-refractivity contribution < 1.29 is 23.8 Å². The number of carbonyl (C=O) groups excluding carboxylic acids is 2. The number of ketones is 1. The van der Waals surface area contributed by atoms with Crippen LogP contribution in [0.5, 0.6) is 11.5 Å². The molecule has 0 saturated carbocycles. The second-order valence-electron chi connectivity index (χ2n) is 4.43. The number of hydrogen-bond acceptors (Lipinski definition) is 5. The van der Waals surface area contributed by atoms with Crippen LogP contribution in [0.3, 0.4) is 0 Å². The van der Waals surface area contributed by atoms with Gasteiger partial charge >= 0.3 is 5.97 Å². The quantitative estimate of drug-likeness (QED) is 0.614. The molecule has 0 N–H and O–H groups in total. The Bertz CT molecular complexity index is 509. The topological polar surface area (TPSA) is 61.8 Å². The molecule has 2 rings (SSSR count). The molecule has 102 valence electrons. The van der Waals surface area contributed by atoms with Gasteiger partial charge in [0.2, 0.25) is 0 Å². The fourth-order valence-corrected chi connectivity index (χ4v) is 2.19. The number of ether oxygens (including phenoxy) is 3. The molecule has 1 aromatic rings. The third-order valence-electron chi connectivity index (χ3n) is 3.27. The summed E-state index contributed by atoms with van der Waals surface area (Å²) in [6, 6.07) is 5.29. The maximum atomic E-state index is 11.6. The molecule has 0 bridgehead atoms. The Labute approximate surface area is 111 Å². The zero-order chi connectivity index (χ0) is 14.0. The minimum Gasteiger partial charge on any atom is -0.497 e. The van der Waals surface area contributed by atoms with E-state index in [9.17, 15) is 9.59 Å². The van der Waals surface area contributed by atoms with E-state index in [1.165, 1.54) is 14.0 Å². The first-order chi connectivity index (χ1) is 9.06. The summed E-state index contributed by atoms with van der Waals surface area (Å²) in [6.07, 6.45) is -0.0844. The fraction of sp³-hybridized carbons (Fsp3) is 0.429. The largest absolute Gasteiger partial charge is 0.497 e. The van der Waals surface area contributed by atoms with Crippen molar-refractivity contribution in [2.75, 3.05) is 14.2 Å². The number of benzene rings is 1. The molecule has 0 aliphatic carbocycles. The number of cyclic esters (lactones) is 1. The summed E-state index contributed by atoms with van der Waals surface area (Å²) < 4.78 is 15.6. The molecule has 2 atom stereocenters. The Morgan fingerprint density at radius 3 is 2.58 bits per heavy atom. The van der Waals surface area contributed by atoms with Gasteiger partial charge in [-0.25, -0.2) is 0 Å². The summed E-state index contributed by atoms with van der Waals surface area (Å²) in [6.45, 7) is 1.40. The Morgan fingerprint density at radius 1 is 1.32 bits per heavy atom. The van der Waals surface area contributed by atoms with Crippen molar-refractivity contribution in [1.29, 1.82) is 0 Å². The van der Waals surface area contributed by atoms with Crippen LogP contribution in [0.1, 0.15) is 25.0 Å². The number of hydrogen-bond donors (Lipinski definition) is 0. The molecule has 1 heterocycles. The van der Waals surface area contributed by atoms with Gasteiger partial charge in [0, 0.05) is 18.1 Å². The number of Topliss-reactive ketones (excluding diaryl/α,β-unsaturated/α-hetero) is 1. The van der Waals surface area contributed by atoms with Crippen molar-refractivity contribution in [1.82, 2.24) is 0 Å². The molecule has 0 aromatic heterocycles. The normalized spacial score (nSPS) is 21.9. The summed E-state index contributed by atoms with van der Waals surface area (Å²) in [5.41, 5.74) is 0.750. The minimum absolute atomic E-state index is 0.167. The Morgan fingerprint density at radius 2 is 2.05 bits per heavy atom. The van der Waals surface area contributed by atoms with E-state index in [4.69, 9.17) is 14.2 Å². The van der Waals surface area contributed by atoms with E-state index in [1.807, 2.05) is 0 Å². The standard InChI is InChI=1S/C14H16O5/c1-8(15)11-7-13(19-14(11)16)10-5-4-9(17-2)6-12(10)18-3/h4-6,11,13H,7H2,1-3H3. The molecule has 1 saturated heterocycles. The van der Waals surface area contributed by atoms with Crippen LogP contribution in [-0.2, 0) is 14.3 Å². The van der Waals surface area contributed by atoms with Gasteiger partial charge in [0.05, 0.1) is 14.2 Å². The van der Waals surface area contributed by atoms with Gasteiger partial charge in [-0.3, -0.25) is 9.59 Å². The Balaban J connectivity index is 2.28. The maximum Gasteiger partial charge on any atom is 0.317 e. The first kappa shape index (κ1) is 13.4. The average molecular weight is 264 g/mol. The van der Waals surface area contributed by atoms with Crippen LogP contribution in [0.4, 0.5) is 0 Å². The van der Waals surface area contributed by atoms with E-state index in [0.29, 0.717) is 17.9 Å². The van der Waals surface area contributed by atoms with Crippen LogP contribution >= 0.6 is 0 Å². The van der Waals surface area contributed by atoms with E-state index >= 15 is 0 Å². The number of rotatable bonds is 4. The first-order valence-corrected chi connectivity index (χ1v) is 5.99. The molecule has 19 heavy (non-hydrogen) atoms. The SMILES string of the molecule is COc1ccc(C2CC(C(C)=O)C(=O)O2)c(OC)c1. The Hall–Kier alpha value is -2.04. The number of esters is 1. The van der Waals surface area contributed by atoms with Crippen LogP contribution in [-0.4, -0.2) is 26.0 Å². The number of carbonyl (C=O) groups is 2. The Kier molecular flexibility index (Phi) is 3.74. The van der Waals surface area contributed by atoms with E-state index in [2.05, 4.69) is 0 Å². The molecular weight excluding hydrogens is 248 g/mol. The molecule has 2 unspecified atom stereocenters. The predicted molar refractivity (Wildman–Crippen MR) is 67.2 cm³/mol. The highest BCUT2D eigenvalue weighted by Crippen LogP contribution is 2.39. The summed E-state index contributed by atoms with van der Waals surface area (Å²) in [5.74, 6) is -0.0541. The second-order valence-corrected chi connectivity index (χ2v) is 4.43. The molecule has 1 aliphatic heterocycles. The molecule has 5 heteroatoms. The molecule has 1 fully saturated rings. The summed E-state index contributed by atoms with van der Waals surface area (Å²) in [4.78, 5) is 22.9. The molecular formula is C14H16O5. The van der Waals surface area contributed by atoms with E-state index in [0.717, 1.165) is 5.56 Å². The molecule has 1 aromatic carbocycles. The predicted octanol–water partition coefficient (Wildman–Crippen LogP) is 1.90. The van der Waals surface area contributed by atoms with Crippen LogP contribution < -0.4 is 9.47 Å². The van der Waals surface area contributed by atoms with Crippen LogP contribution in [0, 0.1) is 5.92 Å². The first-order valence-electron chi connectivity index (χ1n) is 5.99. The van der Waals surface area contributed by atoms with Gasteiger partial charge in [0.1, 0.15) is 29.3 Å². The fourth-order valence-electron chi connectivity index (χ4n) is 2.19. The molecule has 0 radical (unpaired) electrons. The van der Waals surface area contributed by atoms with Crippen LogP contribution in [0.25, 0.3) is 0 Å². The monoisotopic (exact) mass is 264 g/mol. The highest BCUT2D eigenvalue weighted by molar-refractivity contribution is 5.99. The van der Waals surface area contributed by atoms with Crippen molar-refractivity contribution >= 4 is 11.8 Å². The van der Waals surface area contributed by atoms with Crippen molar-refractivity contribution in [3.05, 3.63) is 23.8 Å². The lowest BCUT2D eigenvalue weighted by molar-refractivity contribution is -0.146. The number of methoxy groups -OCH3 is 2. The van der Waals surface area contributed by atoms with Gasteiger partial charge in [-0.05, 0) is 19.1 Å². The smallest absolute Gasteiger partial charge is 0.317 e. The summed E-state index contributed by atoms with van der Waals surface area (Å²) in [5, 5.41) is 0. The minimum atomic E-state index is -0.670. The maximum absolute atomic E-state index is 11.6. The molecule has 1 aliphatic rings. The van der Waals surface area contributed by atoms with Crippen LogP contribution in [0.15, 0.2) is 18.2 Å². The van der Waals surface area contributed by atoms with Crippen molar-refractivity contribution in [3.63, 3.8) is 0 Å². The molecule has 5 nitrogen and oxygen atoms in total. The third-order valence-corrected chi connectivity index (χ3v) is 3.27. The van der Waals surface area contributed by atoms with Crippen molar-refractivity contribution in [2.45, 2.75) is 19.4 Å². The highest BCUT2D eigenvalue weighted by atomic mass is 16.6. The summed E-state index contributed by atoms with van der Waals surface area (Å²) >= 11 is 0. The highest BCUT2D eigenvalue weighted by Gasteiger charge is 2.39. The van der Waals surface area contributed by atoms with E-state index < -0.39 is 18.0 Å². The summed E-state index contributed by atoms with van der Waals surface area (Å²) in [7, 11) is 3.10. The third kappa shape index (κ3) is 2.54. The zero-order valence-corrected chi connectivity index (χ0v) is 11.1. The van der Waals surface area contributed by atoms with Crippen LogP contribution in [0.2, 0.25) is 0 Å². The van der Waals surface area contributed by atoms with Gasteiger partial charge < -0.3 is 14.2 Å². The van der Waals surface area contributed by atoms with Gasteiger partial charge in [-0.2, -0.15) is 0 Å². The van der Waals surface area contributed by atoms with Crippen molar-refractivity contribution in [3.8, 4) is 11.5 Å². The van der Waals surface area contributed by atoms with Gasteiger partial charge in [0.25, 0.3) is 0 Å². The average Bonchev–Trinajstić information content (AvgIpc) is 2.80. The van der Waals surface area contributed by atoms with Gasteiger partial charge in [-0.1, -0.05) is 0 Å². The van der Waals surface area contributed by atoms with Gasteiger partial charge in [0.15, 0.2) is 0 Å². The molecule has 0 spiro atoms. The zero-order valence-electron chi connectivity index (χ0n) is 11.1. The lowest BCUT2D eigenvalue weighted by Crippen LogP contribution is -2.15. The lowest BCUT2D eigenvalue weighted by Gasteiger charge is -2.14.